The lowest BCUT2D eigenvalue weighted by Gasteiger charge is -2.26. The fraction of sp³-hybridized carbons (Fsp3) is 0.273. The lowest BCUT2D eigenvalue weighted by molar-refractivity contribution is 0.0336. The van der Waals surface area contributed by atoms with Crippen molar-refractivity contribution in [2.75, 3.05) is 26.3 Å². The number of aryl methyl sites for hydroxylation is 1. The third-order valence-corrected chi connectivity index (χ3v) is 5.20. The van der Waals surface area contributed by atoms with Crippen LogP contribution in [-0.2, 0) is 11.3 Å². The van der Waals surface area contributed by atoms with E-state index in [4.69, 9.17) is 14.7 Å². The molecule has 1 fully saturated rings. The smallest absolute Gasteiger partial charge is 0.165 e. The summed E-state index contributed by atoms with van der Waals surface area (Å²) in [6, 6.07) is 12.1. The van der Waals surface area contributed by atoms with Gasteiger partial charge in [0.25, 0.3) is 0 Å². The minimum absolute atomic E-state index is 0.795. The zero-order valence-corrected chi connectivity index (χ0v) is 16.3. The molecule has 29 heavy (non-hydrogen) atoms. The molecule has 0 saturated carbocycles. The van der Waals surface area contributed by atoms with Crippen molar-refractivity contribution >= 4 is 11.2 Å². The number of aromatic nitrogens is 5. The summed E-state index contributed by atoms with van der Waals surface area (Å²) < 4.78 is 7.48. The summed E-state index contributed by atoms with van der Waals surface area (Å²) in [7, 11) is 0. The number of nitrogens with zero attached hydrogens (tertiary/aromatic N) is 6. The van der Waals surface area contributed by atoms with Crippen LogP contribution in [0.4, 0.5) is 0 Å². The van der Waals surface area contributed by atoms with Crippen LogP contribution in [0.2, 0.25) is 0 Å². The largest absolute Gasteiger partial charge is 0.379 e. The molecular formula is C22H22N6O. The van der Waals surface area contributed by atoms with E-state index in [0.717, 1.165) is 72.5 Å². The molecule has 0 unspecified atom stereocenters. The van der Waals surface area contributed by atoms with Crippen LogP contribution in [0.5, 0.6) is 0 Å². The van der Waals surface area contributed by atoms with Crippen molar-refractivity contribution in [3.8, 4) is 16.9 Å². The summed E-state index contributed by atoms with van der Waals surface area (Å²) in [5.74, 6) is 0.891. The lowest BCUT2D eigenvalue weighted by atomic mass is 10.2. The summed E-state index contributed by atoms with van der Waals surface area (Å²) in [5.41, 5.74) is 5.67. The van der Waals surface area contributed by atoms with Gasteiger partial charge in [-0.1, -0.05) is 0 Å². The van der Waals surface area contributed by atoms with Gasteiger partial charge < -0.3 is 4.74 Å². The first-order valence-electron chi connectivity index (χ1n) is 9.80. The topological polar surface area (TPSA) is 69.0 Å². The quantitative estimate of drug-likeness (QED) is 0.537. The monoisotopic (exact) mass is 386 g/mol. The third-order valence-electron chi connectivity index (χ3n) is 5.20. The molecule has 0 radical (unpaired) electrons. The van der Waals surface area contributed by atoms with E-state index in [9.17, 15) is 0 Å². The van der Waals surface area contributed by atoms with Crippen molar-refractivity contribution in [1.82, 2.24) is 29.4 Å². The Morgan fingerprint density at radius 3 is 2.55 bits per heavy atom. The molecule has 0 aliphatic carbocycles. The van der Waals surface area contributed by atoms with Gasteiger partial charge in [-0.2, -0.15) is 0 Å². The van der Waals surface area contributed by atoms with Gasteiger partial charge in [-0.25, -0.2) is 9.97 Å². The molecule has 7 nitrogen and oxygen atoms in total. The zero-order valence-electron chi connectivity index (χ0n) is 16.3. The van der Waals surface area contributed by atoms with Crippen LogP contribution >= 0.6 is 0 Å². The number of rotatable bonds is 4. The normalized spacial score (nSPS) is 15.1. The summed E-state index contributed by atoms with van der Waals surface area (Å²) in [6.07, 6.45) is 5.46. The fourth-order valence-corrected chi connectivity index (χ4v) is 3.69. The first-order valence-corrected chi connectivity index (χ1v) is 9.80. The molecule has 0 atom stereocenters. The summed E-state index contributed by atoms with van der Waals surface area (Å²) in [4.78, 5) is 20.7. The Morgan fingerprint density at radius 2 is 1.79 bits per heavy atom. The lowest BCUT2D eigenvalue weighted by Crippen LogP contribution is -2.35. The van der Waals surface area contributed by atoms with Gasteiger partial charge in [0.2, 0.25) is 0 Å². The number of fused-ring (bicyclic) bond motifs is 1. The second kappa shape index (κ2) is 7.69. The predicted molar refractivity (Wildman–Crippen MR) is 111 cm³/mol. The van der Waals surface area contributed by atoms with Crippen molar-refractivity contribution in [2.45, 2.75) is 13.5 Å². The van der Waals surface area contributed by atoms with E-state index in [1.165, 1.54) is 0 Å². The molecule has 1 aliphatic heterocycles. The highest BCUT2D eigenvalue weighted by Crippen LogP contribution is 2.24. The molecule has 5 rings (SSSR count). The van der Waals surface area contributed by atoms with E-state index in [1.807, 2.05) is 37.4 Å². The summed E-state index contributed by atoms with van der Waals surface area (Å²) in [5, 5.41) is 0. The maximum Gasteiger partial charge on any atom is 0.165 e. The van der Waals surface area contributed by atoms with Crippen LogP contribution in [0.1, 0.15) is 11.5 Å². The van der Waals surface area contributed by atoms with Crippen molar-refractivity contribution in [3.63, 3.8) is 0 Å². The number of hydrogen-bond donors (Lipinski definition) is 0. The fourth-order valence-electron chi connectivity index (χ4n) is 3.69. The summed E-state index contributed by atoms with van der Waals surface area (Å²) in [6.45, 7) is 6.34. The van der Waals surface area contributed by atoms with E-state index in [0.29, 0.717) is 0 Å². The maximum atomic E-state index is 5.42. The molecule has 146 valence electrons. The van der Waals surface area contributed by atoms with Crippen LogP contribution in [0.15, 0.2) is 55.0 Å². The minimum Gasteiger partial charge on any atom is -0.379 e. The average molecular weight is 386 g/mol. The standard InChI is InChI=1S/C22H22N6O/c1-16-25-21-5-4-20(17-6-8-23-9-7-17)26-22(21)28(16)19-3-2-18(24-14-19)15-27-10-12-29-13-11-27/h2-9,14H,10-13,15H2,1H3. The van der Waals surface area contributed by atoms with E-state index in [1.54, 1.807) is 12.4 Å². The highest BCUT2D eigenvalue weighted by Gasteiger charge is 2.14. The van der Waals surface area contributed by atoms with Crippen LogP contribution < -0.4 is 0 Å². The second-order valence-corrected chi connectivity index (χ2v) is 7.17. The molecule has 1 aliphatic rings. The molecule has 7 heteroatoms. The van der Waals surface area contributed by atoms with Crippen molar-refractivity contribution < 1.29 is 4.74 Å². The van der Waals surface area contributed by atoms with Gasteiger partial charge in [-0.15, -0.1) is 0 Å². The minimum atomic E-state index is 0.795. The maximum absolute atomic E-state index is 5.42. The summed E-state index contributed by atoms with van der Waals surface area (Å²) >= 11 is 0. The van der Waals surface area contributed by atoms with Crippen LogP contribution in [0.25, 0.3) is 28.1 Å². The van der Waals surface area contributed by atoms with Crippen LogP contribution in [-0.4, -0.2) is 55.7 Å². The molecule has 4 aromatic rings. The van der Waals surface area contributed by atoms with Gasteiger partial charge in [-0.05, 0) is 43.3 Å². The zero-order chi connectivity index (χ0) is 19.6. The van der Waals surface area contributed by atoms with Crippen molar-refractivity contribution in [2.24, 2.45) is 0 Å². The SMILES string of the molecule is Cc1nc2ccc(-c3ccncc3)nc2n1-c1ccc(CN2CCOCC2)nc1. The van der Waals surface area contributed by atoms with E-state index in [-0.39, 0.29) is 0 Å². The highest BCUT2D eigenvalue weighted by atomic mass is 16.5. The van der Waals surface area contributed by atoms with Crippen LogP contribution in [0, 0.1) is 6.92 Å². The Hall–Kier alpha value is -3.16. The first kappa shape index (κ1) is 17.9. The Balaban J connectivity index is 1.48. The van der Waals surface area contributed by atoms with Crippen LogP contribution in [0.3, 0.4) is 0 Å². The Kier molecular flexibility index (Phi) is 4.75. The van der Waals surface area contributed by atoms with E-state index in [2.05, 4.69) is 31.6 Å². The highest BCUT2D eigenvalue weighted by molar-refractivity contribution is 5.77. The molecule has 5 heterocycles. The van der Waals surface area contributed by atoms with E-state index >= 15 is 0 Å². The number of ether oxygens (including phenoxy) is 1. The third kappa shape index (κ3) is 3.62. The molecule has 4 aromatic heterocycles. The van der Waals surface area contributed by atoms with Crippen molar-refractivity contribution in [3.05, 3.63) is 66.5 Å². The molecule has 0 aromatic carbocycles. The predicted octanol–water partition coefficient (Wildman–Crippen LogP) is 3.02. The Labute approximate surface area is 169 Å². The number of imidazole rings is 1. The van der Waals surface area contributed by atoms with Gasteiger partial charge in [0, 0.05) is 37.6 Å². The second-order valence-electron chi connectivity index (χ2n) is 7.17. The molecular weight excluding hydrogens is 364 g/mol. The van der Waals surface area contributed by atoms with Crippen molar-refractivity contribution in [1.29, 1.82) is 0 Å². The van der Waals surface area contributed by atoms with E-state index < -0.39 is 0 Å². The van der Waals surface area contributed by atoms with Gasteiger partial charge in [0.1, 0.15) is 11.3 Å². The number of pyridine rings is 3. The number of morpholine rings is 1. The Morgan fingerprint density at radius 1 is 0.966 bits per heavy atom. The molecule has 0 bridgehead atoms. The molecule has 0 amide bonds. The average Bonchev–Trinajstić information content (AvgIpc) is 3.10. The van der Waals surface area contributed by atoms with Gasteiger partial charge in [0.05, 0.1) is 36.5 Å². The van der Waals surface area contributed by atoms with Gasteiger partial charge in [0.15, 0.2) is 5.65 Å². The first-order chi connectivity index (χ1) is 14.3. The number of hydrogen-bond acceptors (Lipinski definition) is 6. The van der Waals surface area contributed by atoms with Gasteiger partial charge in [-0.3, -0.25) is 19.4 Å². The molecule has 1 saturated heterocycles. The molecule has 0 N–H and O–H groups in total. The van der Waals surface area contributed by atoms with Gasteiger partial charge >= 0.3 is 0 Å². The molecule has 0 spiro atoms. The Bertz CT molecular complexity index is 1120.